The molecule has 1 saturated heterocycles. The molecule has 2 aromatic heterocycles. The van der Waals surface area contributed by atoms with Gasteiger partial charge in [-0.1, -0.05) is 36.4 Å². The van der Waals surface area contributed by atoms with Crippen molar-refractivity contribution in [3.05, 3.63) is 82.4 Å². The summed E-state index contributed by atoms with van der Waals surface area (Å²) in [7, 11) is 0. The summed E-state index contributed by atoms with van der Waals surface area (Å²) in [5.41, 5.74) is 1.09. The quantitative estimate of drug-likeness (QED) is 0.666. The highest BCUT2D eigenvalue weighted by Gasteiger charge is 2.23. The van der Waals surface area contributed by atoms with Crippen molar-refractivity contribution >= 4 is 17.2 Å². The Bertz CT molecular complexity index is 841. The average molecular weight is 396 g/mol. The molecule has 1 fully saturated rings. The Kier molecular flexibility index (Phi) is 6.21. The summed E-state index contributed by atoms with van der Waals surface area (Å²) in [5.74, 6) is 0.961. The highest BCUT2D eigenvalue weighted by atomic mass is 32.1. The third-order valence-corrected chi connectivity index (χ3v) is 5.96. The van der Waals surface area contributed by atoms with Crippen LogP contribution in [0.25, 0.3) is 0 Å². The van der Waals surface area contributed by atoms with E-state index in [0.717, 1.165) is 44.0 Å². The van der Waals surface area contributed by atoms with Crippen molar-refractivity contribution in [2.45, 2.75) is 12.6 Å². The first-order valence-corrected chi connectivity index (χ1v) is 10.5. The summed E-state index contributed by atoms with van der Waals surface area (Å²) in [4.78, 5) is 18.5. The smallest absolute Gasteiger partial charge is 0.236 e. The Labute approximate surface area is 169 Å². The van der Waals surface area contributed by atoms with E-state index in [-0.39, 0.29) is 11.9 Å². The summed E-state index contributed by atoms with van der Waals surface area (Å²) in [6, 6.07) is 18.0. The van der Waals surface area contributed by atoms with Gasteiger partial charge in [-0.2, -0.15) is 0 Å². The second-order valence-corrected chi connectivity index (χ2v) is 8.01. The predicted molar refractivity (Wildman–Crippen MR) is 111 cm³/mol. The van der Waals surface area contributed by atoms with E-state index in [2.05, 4.69) is 27.7 Å². The number of rotatable bonds is 7. The fourth-order valence-corrected chi connectivity index (χ4v) is 4.31. The van der Waals surface area contributed by atoms with E-state index >= 15 is 0 Å². The summed E-state index contributed by atoms with van der Waals surface area (Å²) in [6.45, 7) is 4.68. The van der Waals surface area contributed by atoms with Gasteiger partial charge in [0.15, 0.2) is 0 Å². The number of nitrogens with one attached hydrogen (secondary N) is 1. The largest absolute Gasteiger partial charge is 0.467 e. The van der Waals surface area contributed by atoms with Crippen LogP contribution in [0.5, 0.6) is 0 Å². The number of thiophene rings is 1. The van der Waals surface area contributed by atoms with Gasteiger partial charge in [-0.05, 0) is 29.1 Å². The van der Waals surface area contributed by atoms with Crippen LogP contribution in [-0.2, 0) is 11.3 Å². The Balaban J connectivity index is 1.31. The van der Waals surface area contributed by atoms with Crippen molar-refractivity contribution in [3.8, 4) is 0 Å². The molecule has 4 rings (SSSR count). The van der Waals surface area contributed by atoms with E-state index in [0.29, 0.717) is 6.54 Å². The molecular formula is C22H25N3O2S. The predicted octanol–water partition coefficient (Wildman–Crippen LogP) is 3.36. The van der Waals surface area contributed by atoms with Gasteiger partial charge in [0.2, 0.25) is 5.91 Å². The monoisotopic (exact) mass is 395 g/mol. The number of piperazine rings is 1. The molecule has 0 radical (unpaired) electrons. The van der Waals surface area contributed by atoms with Crippen LogP contribution < -0.4 is 5.32 Å². The highest BCUT2D eigenvalue weighted by molar-refractivity contribution is 7.09. The number of carbonyl (C=O) groups excluding carboxylic acids is 1. The molecule has 1 amide bonds. The maximum Gasteiger partial charge on any atom is 0.236 e. The van der Waals surface area contributed by atoms with Gasteiger partial charge in [0.05, 0.1) is 18.8 Å². The summed E-state index contributed by atoms with van der Waals surface area (Å²) in [5, 5.41) is 5.50. The molecule has 28 heavy (non-hydrogen) atoms. The van der Waals surface area contributed by atoms with Crippen molar-refractivity contribution in [2.24, 2.45) is 0 Å². The van der Waals surface area contributed by atoms with Crippen molar-refractivity contribution in [1.82, 2.24) is 15.1 Å². The average Bonchev–Trinajstić information content (AvgIpc) is 3.44. The summed E-state index contributed by atoms with van der Waals surface area (Å²) in [6.07, 6.45) is 1.67. The van der Waals surface area contributed by atoms with E-state index in [1.54, 1.807) is 17.6 Å². The fraction of sp³-hybridized carbons (Fsp3) is 0.318. The van der Waals surface area contributed by atoms with Crippen LogP contribution in [0.4, 0.5) is 0 Å². The molecule has 1 aliphatic rings. The lowest BCUT2D eigenvalue weighted by atomic mass is 10.0. The molecule has 1 aliphatic heterocycles. The Morgan fingerprint density at radius 3 is 2.54 bits per heavy atom. The van der Waals surface area contributed by atoms with E-state index in [4.69, 9.17) is 4.42 Å². The lowest BCUT2D eigenvalue weighted by Crippen LogP contribution is -2.50. The Hall–Kier alpha value is -2.41. The molecule has 0 bridgehead atoms. The third kappa shape index (κ3) is 4.70. The number of amides is 1. The minimum absolute atomic E-state index is 0.125. The van der Waals surface area contributed by atoms with Crippen LogP contribution in [0.1, 0.15) is 22.2 Å². The highest BCUT2D eigenvalue weighted by Crippen LogP contribution is 2.22. The molecule has 1 N–H and O–H groups in total. The van der Waals surface area contributed by atoms with E-state index < -0.39 is 0 Å². The third-order valence-electron chi connectivity index (χ3n) is 5.10. The topological polar surface area (TPSA) is 48.7 Å². The maximum absolute atomic E-state index is 12.7. The lowest BCUT2D eigenvalue weighted by molar-refractivity contribution is -0.132. The van der Waals surface area contributed by atoms with Gasteiger partial charge in [0.25, 0.3) is 0 Å². The number of hydrogen-bond acceptors (Lipinski definition) is 5. The van der Waals surface area contributed by atoms with E-state index in [1.807, 2.05) is 47.4 Å². The molecule has 6 heteroatoms. The first-order valence-electron chi connectivity index (χ1n) is 9.64. The number of benzene rings is 1. The van der Waals surface area contributed by atoms with Gasteiger partial charge in [0, 0.05) is 37.6 Å². The minimum Gasteiger partial charge on any atom is -0.467 e. The summed E-state index contributed by atoms with van der Waals surface area (Å²) >= 11 is 1.79. The zero-order valence-corrected chi connectivity index (χ0v) is 16.6. The number of hydrogen-bond donors (Lipinski definition) is 1. The number of carbonyl (C=O) groups is 1. The van der Waals surface area contributed by atoms with Gasteiger partial charge in [-0.3, -0.25) is 15.0 Å². The molecule has 1 aromatic carbocycles. The van der Waals surface area contributed by atoms with E-state index in [1.165, 1.54) is 4.88 Å². The molecule has 0 unspecified atom stereocenters. The first kappa shape index (κ1) is 18.9. The SMILES string of the molecule is O=C(CN[C@@H](c1ccccc1)c1ccco1)N1CCN(Cc2cccs2)CC1. The van der Waals surface area contributed by atoms with Gasteiger partial charge >= 0.3 is 0 Å². The van der Waals surface area contributed by atoms with Crippen LogP contribution in [0.15, 0.2) is 70.7 Å². The second-order valence-electron chi connectivity index (χ2n) is 6.98. The summed E-state index contributed by atoms with van der Waals surface area (Å²) < 4.78 is 5.60. The number of furan rings is 1. The zero-order chi connectivity index (χ0) is 19.2. The molecule has 3 heterocycles. The van der Waals surface area contributed by atoms with Gasteiger partial charge in [0.1, 0.15) is 5.76 Å². The van der Waals surface area contributed by atoms with Gasteiger partial charge < -0.3 is 9.32 Å². The Morgan fingerprint density at radius 1 is 1.04 bits per heavy atom. The second kappa shape index (κ2) is 9.19. The van der Waals surface area contributed by atoms with Crippen molar-refractivity contribution < 1.29 is 9.21 Å². The molecular weight excluding hydrogens is 370 g/mol. The molecule has 3 aromatic rings. The molecule has 1 atom stereocenters. The van der Waals surface area contributed by atoms with Crippen molar-refractivity contribution in [1.29, 1.82) is 0 Å². The minimum atomic E-state index is -0.125. The fourth-order valence-electron chi connectivity index (χ4n) is 3.56. The molecule has 5 nitrogen and oxygen atoms in total. The van der Waals surface area contributed by atoms with Crippen LogP contribution in [0, 0.1) is 0 Å². The van der Waals surface area contributed by atoms with Gasteiger partial charge in [-0.15, -0.1) is 11.3 Å². The standard InChI is InChI=1S/C22H25N3O2S/c26-21(25-12-10-24(11-13-25)17-19-8-5-15-28-19)16-23-22(20-9-4-14-27-20)18-6-2-1-3-7-18/h1-9,14-15,22-23H,10-13,16-17H2/t22-/m0/s1. The van der Waals surface area contributed by atoms with Crippen molar-refractivity contribution in [3.63, 3.8) is 0 Å². The zero-order valence-electron chi connectivity index (χ0n) is 15.8. The molecule has 0 saturated carbocycles. The van der Waals surface area contributed by atoms with Crippen LogP contribution in [-0.4, -0.2) is 48.4 Å². The molecule has 146 valence electrons. The van der Waals surface area contributed by atoms with Gasteiger partial charge in [-0.25, -0.2) is 0 Å². The Morgan fingerprint density at radius 2 is 1.86 bits per heavy atom. The molecule has 0 spiro atoms. The maximum atomic E-state index is 12.7. The van der Waals surface area contributed by atoms with Crippen molar-refractivity contribution in [2.75, 3.05) is 32.7 Å². The van der Waals surface area contributed by atoms with Crippen LogP contribution in [0.2, 0.25) is 0 Å². The van der Waals surface area contributed by atoms with Crippen LogP contribution >= 0.6 is 11.3 Å². The van der Waals surface area contributed by atoms with Crippen LogP contribution in [0.3, 0.4) is 0 Å². The normalized spacial score (nSPS) is 16.2. The first-order chi connectivity index (χ1) is 13.8. The van der Waals surface area contributed by atoms with E-state index in [9.17, 15) is 4.79 Å². The lowest BCUT2D eigenvalue weighted by Gasteiger charge is -2.34. The molecule has 0 aliphatic carbocycles. The number of nitrogens with zero attached hydrogens (tertiary/aromatic N) is 2.